The van der Waals surface area contributed by atoms with E-state index < -0.39 is 0 Å². The highest BCUT2D eigenvalue weighted by molar-refractivity contribution is 6.30. The first-order valence-electron chi connectivity index (χ1n) is 7.10. The maximum absolute atomic E-state index is 6.16. The van der Waals surface area contributed by atoms with Crippen LogP contribution >= 0.6 is 11.6 Å². The molecule has 1 unspecified atom stereocenters. The summed E-state index contributed by atoms with van der Waals surface area (Å²) in [5.41, 5.74) is 3.95. The number of nitrogens with zero attached hydrogens (tertiary/aromatic N) is 2. The summed E-state index contributed by atoms with van der Waals surface area (Å²) in [5.74, 6) is 1.46. The number of benzene rings is 1. The molecular formula is C16H18ClN3. The Morgan fingerprint density at radius 2 is 2.15 bits per heavy atom. The molecule has 1 aliphatic carbocycles. The quantitative estimate of drug-likeness (QED) is 0.849. The molecule has 2 aromatic rings. The largest absolute Gasteiger partial charge is 0.369 e. The van der Waals surface area contributed by atoms with Crippen molar-refractivity contribution in [2.75, 3.05) is 11.9 Å². The molecule has 1 aromatic carbocycles. The molecule has 20 heavy (non-hydrogen) atoms. The van der Waals surface area contributed by atoms with E-state index in [1.54, 1.807) is 0 Å². The molecule has 3 nitrogen and oxygen atoms in total. The van der Waals surface area contributed by atoms with Crippen molar-refractivity contribution in [1.29, 1.82) is 0 Å². The Kier molecular flexibility index (Phi) is 3.88. The van der Waals surface area contributed by atoms with Crippen molar-refractivity contribution in [2.45, 2.75) is 32.1 Å². The number of rotatable bonds is 5. The average molecular weight is 288 g/mol. The smallest absolute Gasteiger partial charge is 0.137 e. The topological polar surface area (TPSA) is 37.8 Å². The highest BCUT2D eigenvalue weighted by Crippen LogP contribution is 2.35. The van der Waals surface area contributed by atoms with Gasteiger partial charge in [0, 0.05) is 18.0 Å². The number of hydrogen-bond acceptors (Lipinski definition) is 3. The molecule has 0 amide bonds. The van der Waals surface area contributed by atoms with Crippen molar-refractivity contribution in [2.24, 2.45) is 0 Å². The van der Waals surface area contributed by atoms with E-state index in [1.807, 2.05) is 0 Å². The maximum atomic E-state index is 6.16. The summed E-state index contributed by atoms with van der Waals surface area (Å²) >= 11 is 6.16. The molecule has 104 valence electrons. The first-order chi connectivity index (χ1) is 9.79. The zero-order valence-electron chi connectivity index (χ0n) is 11.6. The van der Waals surface area contributed by atoms with Gasteiger partial charge < -0.3 is 5.32 Å². The molecule has 0 bridgehead atoms. The normalized spacial score (nSPS) is 16.4. The van der Waals surface area contributed by atoms with E-state index in [-0.39, 0.29) is 0 Å². The molecule has 0 saturated heterocycles. The van der Waals surface area contributed by atoms with Crippen molar-refractivity contribution in [3.05, 3.63) is 52.4 Å². The summed E-state index contributed by atoms with van der Waals surface area (Å²) in [4.78, 5) is 8.41. The summed E-state index contributed by atoms with van der Waals surface area (Å²) < 4.78 is 0. The van der Waals surface area contributed by atoms with Crippen molar-refractivity contribution < 1.29 is 0 Å². The van der Waals surface area contributed by atoms with Crippen LogP contribution in [0.5, 0.6) is 0 Å². The molecule has 0 aliphatic heterocycles. The van der Waals surface area contributed by atoms with Gasteiger partial charge in [0.2, 0.25) is 0 Å². The predicted octanol–water partition coefficient (Wildman–Crippen LogP) is 3.83. The highest BCUT2D eigenvalue weighted by atomic mass is 35.5. The summed E-state index contributed by atoms with van der Waals surface area (Å²) in [7, 11) is 0. The van der Waals surface area contributed by atoms with Gasteiger partial charge in [-0.1, -0.05) is 49.2 Å². The van der Waals surface area contributed by atoms with Crippen LogP contribution in [0.15, 0.2) is 30.6 Å². The predicted molar refractivity (Wildman–Crippen MR) is 82.4 cm³/mol. The third-order valence-corrected chi connectivity index (χ3v) is 4.20. The number of hydrogen-bond donors (Lipinski definition) is 1. The van der Waals surface area contributed by atoms with E-state index in [2.05, 4.69) is 46.5 Å². The molecule has 1 N–H and O–H groups in total. The van der Waals surface area contributed by atoms with Crippen LogP contribution in [-0.4, -0.2) is 16.5 Å². The van der Waals surface area contributed by atoms with Crippen LogP contribution in [-0.2, 0) is 12.8 Å². The standard InChI is InChI=1S/C16H18ClN3/c1-2-5-14-15(17)19-10-20-16(14)18-9-12-8-11-6-3-4-7-13(11)12/h3-4,6-7,10,12H,2,5,8-9H2,1H3,(H,18,19,20). The second-order valence-electron chi connectivity index (χ2n) is 5.22. The summed E-state index contributed by atoms with van der Waals surface area (Å²) in [5, 5.41) is 4.01. The zero-order chi connectivity index (χ0) is 13.9. The van der Waals surface area contributed by atoms with Crippen molar-refractivity contribution in [3.8, 4) is 0 Å². The van der Waals surface area contributed by atoms with Gasteiger partial charge in [0.1, 0.15) is 17.3 Å². The first-order valence-corrected chi connectivity index (χ1v) is 7.48. The van der Waals surface area contributed by atoms with E-state index >= 15 is 0 Å². The molecule has 1 aromatic heterocycles. The molecule has 3 rings (SSSR count). The summed E-state index contributed by atoms with van der Waals surface area (Å²) in [6.45, 7) is 3.04. The van der Waals surface area contributed by atoms with Crippen LogP contribution in [0.1, 0.15) is 36.0 Å². The minimum Gasteiger partial charge on any atom is -0.369 e. The van der Waals surface area contributed by atoms with Crippen molar-refractivity contribution in [3.63, 3.8) is 0 Å². The third-order valence-electron chi connectivity index (χ3n) is 3.87. The molecule has 1 heterocycles. The molecule has 1 atom stereocenters. The number of halogens is 1. The maximum Gasteiger partial charge on any atom is 0.137 e. The van der Waals surface area contributed by atoms with Gasteiger partial charge >= 0.3 is 0 Å². The van der Waals surface area contributed by atoms with Crippen LogP contribution in [0.4, 0.5) is 5.82 Å². The molecule has 0 fully saturated rings. The SMILES string of the molecule is CCCc1c(Cl)ncnc1NCC1Cc2ccccc21. The molecular weight excluding hydrogens is 270 g/mol. The first kappa shape index (κ1) is 13.4. The number of aromatic nitrogens is 2. The monoisotopic (exact) mass is 287 g/mol. The highest BCUT2D eigenvalue weighted by Gasteiger charge is 2.25. The van der Waals surface area contributed by atoms with Gasteiger partial charge in [-0.15, -0.1) is 0 Å². The van der Waals surface area contributed by atoms with E-state index in [0.29, 0.717) is 11.1 Å². The fourth-order valence-corrected chi connectivity index (χ4v) is 3.01. The van der Waals surface area contributed by atoms with Gasteiger partial charge in [0.05, 0.1) is 0 Å². The van der Waals surface area contributed by atoms with Crippen molar-refractivity contribution >= 4 is 17.4 Å². The Morgan fingerprint density at radius 3 is 2.95 bits per heavy atom. The fraction of sp³-hybridized carbons (Fsp3) is 0.375. The Hall–Kier alpha value is -1.61. The van der Waals surface area contributed by atoms with E-state index in [4.69, 9.17) is 11.6 Å². The third kappa shape index (κ3) is 2.50. The van der Waals surface area contributed by atoms with Crippen LogP contribution < -0.4 is 5.32 Å². The number of nitrogens with one attached hydrogen (secondary N) is 1. The Labute approximate surface area is 124 Å². The lowest BCUT2D eigenvalue weighted by Crippen LogP contribution is -2.25. The lowest BCUT2D eigenvalue weighted by atomic mass is 9.77. The van der Waals surface area contributed by atoms with Gasteiger partial charge in [-0.3, -0.25) is 0 Å². The van der Waals surface area contributed by atoms with Crippen LogP contribution in [0.25, 0.3) is 0 Å². The Bertz CT molecular complexity index is 612. The molecule has 4 heteroatoms. The summed E-state index contributed by atoms with van der Waals surface area (Å²) in [6, 6.07) is 8.63. The lowest BCUT2D eigenvalue weighted by Gasteiger charge is -2.30. The summed E-state index contributed by atoms with van der Waals surface area (Å²) in [6.07, 6.45) is 4.61. The van der Waals surface area contributed by atoms with Gasteiger partial charge in [-0.05, 0) is 24.0 Å². The molecule has 1 aliphatic rings. The average Bonchev–Trinajstić information content (AvgIpc) is 2.43. The van der Waals surface area contributed by atoms with Crippen LogP contribution in [0, 0.1) is 0 Å². The van der Waals surface area contributed by atoms with E-state index in [0.717, 1.165) is 37.2 Å². The zero-order valence-corrected chi connectivity index (χ0v) is 12.3. The fourth-order valence-electron chi connectivity index (χ4n) is 2.78. The van der Waals surface area contributed by atoms with Gasteiger partial charge in [0.25, 0.3) is 0 Å². The Balaban J connectivity index is 1.69. The molecule has 0 spiro atoms. The minimum absolute atomic E-state index is 0.568. The molecule has 0 saturated carbocycles. The Morgan fingerprint density at radius 1 is 1.30 bits per heavy atom. The van der Waals surface area contributed by atoms with Crippen molar-refractivity contribution in [1.82, 2.24) is 9.97 Å². The van der Waals surface area contributed by atoms with Gasteiger partial charge in [-0.2, -0.15) is 0 Å². The number of anilines is 1. The number of fused-ring (bicyclic) bond motifs is 1. The minimum atomic E-state index is 0.568. The van der Waals surface area contributed by atoms with Crippen LogP contribution in [0.2, 0.25) is 5.15 Å². The second kappa shape index (κ2) is 5.80. The lowest BCUT2D eigenvalue weighted by molar-refractivity contribution is 0.634. The van der Waals surface area contributed by atoms with E-state index in [9.17, 15) is 0 Å². The van der Waals surface area contributed by atoms with E-state index in [1.165, 1.54) is 17.5 Å². The van der Waals surface area contributed by atoms with Gasteiger partial charge in [-0.25, -0.2) is 9.97 Å². The van der Waals surface area contributed by atoms with Gasteiger partial charge in [0.15, 0.2) is 0 Å². The van der Waals surface area contributed by atoms with Crippen LogP contribution in [0.3, 0.4) is 0 Å². The second-order valence-corrected chi connectivity index (χ2v) is 5.58. The molecule has 0 radical (unpaired) electrons.